The molecule has 1 aliphatic rings. The summed E-state index contributed by atoms with van der Waals surface area (Å²) in [7, 11) is 3.20. The van der Waals surface area contributed by atoms with Crippen molar-refractivity contribution in [2.24, 2.45) is 4.99 Å². The Balaban J connectivity index is 1.49. The van der Waals surface area contributed by atoms with Gasteiger partial charge < -0.3 is 15.0 Å². The predicted molar refractivity (Wildman–Crippen MR) is 113 cm³/mol. The van der Waals surface area contributed by atoms with Gasteiger partial charge in [0.2, 0.25) is 0 Å². The topological polar surface area (TPSA) is 83.2 Å². The third kappa shape index (κ3) is 5.44. The fourth-order valence-corrected chi connectivity index (χ4v) is 3.43. The van der Waals surface area contributed by atoms with Gasteiger partial charge in [-0.2, -0.15) is 0 Å². The van der Waals surface area contributed by atoms with Gasteiger partial charge in [-0.1, -0.05) is 18.2 Å². The summed E-state index contributed by atoms with van der Waals surface area (Å²) in [6.45, 7) is 4.51. The van der Waals surface area contributed by atoms with Gasteiger partial charge in [-0.3, -0.25) is 20.0 Å². The molecular weight excluding hydrogens is 389 g/mol. The maximum Gasteiger partial charge on any atom is 0.269 e. The predicted octanol–water partition coefficient (Wildman–Crippen LogP) is 2.64. The molecule has 2 aromatic carbocycles. The van der Waals surface area contributed by atoms with Crippen LogP contribution in [0.4, 0.5) is 10.1 Å². The molecule has 30 heavy (non-hydrogen) atoms. The summed E-state index contributed by atoms with van der Waals surface area (Å²) in [5.74, 6) is 0.708. The number of non-ortho nitro benzene ring substituents is 1. The lowest BCUT2D eigenvalue weighted by molar-refractivity contribution is -0.384. The standard InChI is InChI=1S/C21H26FN5O3/c1-23-21(24-14-16-3-6-18(7-4-16)27(28)29)26-11-9-25(10-12-26)15-17-5-8-20(30-2)19(22)13-17/h3-8,13H,9-12,14-15H2,1-2H3,(H,23,24). The molecule has 0 unspecified atom stereocenters. The third-order valence-electron chi connectivity index (χ3n) is 5.10. The van der Waals surface area contributed by atoms with Crippen LogP contribution in [0.25, 0.3) is 0 Å². The average Bonchev–Trinajstić information content (AvgIpc) is 2.76. The van der Waals surface area contributed by atoms with Gasteiger partial charge in [-0.15, -0.1) is 0 Å². The quantitative estimate of drug-likeness (QED) is 0.338. The van der Waals surface area contributed by atoms with Crippen molar-refractivity contribution in [2.45, 2.75) is 13.1 Å². The van der Waals surface area contributed by atoms with Crippen molar-refractivity contribution < 1.29 is 14.1 Å². The van der Waals surface area contributed by atoms with E-state index in [4.69, 9.17) is 4.74 Å². The summed E-state index contributed by atoms with van der Waals surface area (Å²) >= 11 is 0. The molecule has 0 saturated carbocycles. The lowest BCUT2D eigenvalue weighted by Gasteiger charge is -2.36. The molecule has 1 N–H and O–H groups in total. The number of nitro groups is 1. The Morgan fingerprint density at radius 3 is 2.40 bits per heavy atom. The van der Waals surface area contributed by atoms with Crippen LogP contribution in [0, 0.1) is 15.9 Å². The van der Waals surface area contributed by atoms with Crippen LogP contribution in [0.3, 0.4) is 0 Å². The summed E-state index contributed by atoms with van der Waals surface area (Å²) in [6.07, 6.45) is 0. The number of hydrogen-bond acceptors (Lipinski definition) is 5. The SMILES string of the molecule is CN=C(NCc1ccc([N+](=O)[O-])cc1)N1CCN(Cc2ccc(OC)c(F)c2)CC1. The second-order valence-corrected chi connectivity index (χ2v) is 7.06. The van der Waals surface area contributed by atoms with Gasteiger partial charge in [0, 0.05) is 58.4 Å². The zero-order valence-corrected chi connectivity index (χ0v) is 17.2. The van der Waals surface area contributed by atoms with Crippen molar-refractivity contribution in [2.75, 3.05) is 40.3 Å². The highest BCUT2D eigenvalue weighted by Crippen LogP contribution is 2.19. The first-order valence-electron chi connectivity index (χ1n) is 9.74. The normalized spacial score (nSPS) is 15.2. The Hall–Kier alpha value is -3.20. The molecule has 3 rings (SSSR count). The fourth-order valence-electron chi connectivity index (χ4n) is 3.43. The van der Waals surface area contributed by atoms with Crippen LogP contribution >= 0.6 is 0 Å². The molecule has 0 spiro atoms. The first kappa shape index (κ1) is 21.5. The first-order chi connectivity index (χ1) is 14.5. The number of nitrogens with zero attached hydrogens (tertiary/aromatic N) is 4. The number of piperazine rings is 1. The second-order valence-electron chi connectivity index (χ2n) is 7.06. The van der Waals surface area contributed by atoms with Crippen molar-refractivity contribution in [3.8, 4) is 5.75 Å². The van der Waals surface area contributed by atoms with Gasteiger partial charge in [0.15, 0.2) is 17.5 Å². The number of nitrogens with one attached hydrogen (secondary N) is 1. The average molecular weight is 415 g/mol. The van der Waals surface area contributed by atoms with E-state index < -0.39 is 4.92 Å². The molecule has 9 heteroatoms. The molecule has 160 valence electrons. The molecule has 1 heterocycles. The van der Waals surface area contributed by atoms with Crippen LogP contribution in [0.2, 0.25) is 0 Å². The highest BCUT2D eigenvalue weighted by molar-refractivity contribution is 5.80. The molecule has 0 radical (unpaired) electrons. The Labute approximate surface area is 175 Å². The van der Waals surface area contributed by atoms with Crippen LogP contribution < -0.4 is 10.1 Å². The van der Waals surface area contributed by atoms with Crippen molar-refractivity contribution in [1.82, 2.24) is 15.1 Å². The lowest BCUT2D eigenvalue weighted by atomic mass is 10.2. The molecular formula is C21H26FN5O3. The smallest absolute Gasteiger partial charge is 0.269 e. The number of hydrogen-bond donors (Lipinski definition) is 1. The number of guanidine groups is 1. The van der Waals surface area contributed by atoms with Crippen molar-refractivity contribution in [3.63, 3.8) is 0 Å². The zero-order chi connectivity index (χ0) is 21.5. The monoisotopic (exact) mass is 415 g/mol. The van der Waals surface area contributed by atoms with Crippen molar-refractivity contribution >= 4 is 11.6 Å². The van der Waals surface area contributed by atoms with E-state index in [1.807, 2.05) is 6.07 Å². The van der Waals surface area contributed by atoms with E-state index in [9.17, 15) is 14.5 Å². The van der Waals surface area contributed by atoms with E-state index in [2.05, 4.69) is 20.1 Å². The molecule has 1 aliphatic heterocycles. The van der Waals surface area contributed by atoms with Gasteiger partial charge in [-0.25, -0.2) is 4.39 Å². The van der Waals surface area contributed by atoms with E-state index in [0.29, 0.717) is 13.1 Å². The Kier molecular flexibility index (Phi) is 7.18. The Morgan fingerprint density at radius 2 is 1.83 bits per heavy atom. The molecule has 0 aliphatic carbocycles. The van der Waals surface area contributed by atoms with E-state index in [1.54, 1.807) is 25.2 Å². The van der Waals surface area contributed by atoms with E-state index in [0.717, 1.165) is 43.3 Å². The minimum atomic E-state index is -0.407. The highest BCUT2D eigenvalue weighted by Gasteiger charge is 2.20. The van der Waals surface area contributed by atoms with Gasteiger partial charge in [0.05, 0.1) is 12.0 Å². The van der Waals surface area contributed by atoms with Crippen LogP contribution in [-0.2, 0) is 13.1 Å². The largest absolute Gasteiger partial charge is 0.494 e. The number of benzene rings is 2. The summed E-state index contributed by atoms with van der Waals surface area (Å²) in [5.41, 5.74) is 1.94. The molecule has 0 atom stereocenters. The number of methoxy groups -OCH3 is 1. The van der Waals surface area contributed by atoms with E-state index in [-0.39, 0.29) is 17.3 Å². The Bertz CT molecular complexity index is 896. The van der Waals surface area contributed by atoms with Gasteiger partial charge in [-0.05, 0) is 23.3 Å². The number of rotatable bonds is 6. The van der Waals surface area contributed by atoms with Crippen LogP contribution in [0.5, 0.6) is 5.75 Å². The number of halogens is 1. The number of ether oxygens (including phenoxy) is 1. The molecule has 0 amide bonds. The maximum atomic E-state index is 13.9. The first-order valence-corrected chi connectivity index (χ1v) is 9.74. The summed E-state index contributed by atoms with van der Waals surface area (Å²) in [6, 6.07) is 11.6. The van der Waals surface area contributed by atoms with Crippen molar-refractivity contribution in [3.05, 3.63) is 69.5 Å². The summed E-state index contributed by atoms with van der Waals surface area (Å²) < 4.78 is 18.9. The fraction of sp³-hybridized carbons (Fsp3) is 0.381. The zero-order valence-electron chi connectivity index (χ0n) is 17.2. The lowest BCUT2D eigenvalue weighted by Crippen LogP contribution is -2.52. The van der Waals surface area contributed by atoms with Crippen molar-refractivity contribution in [1.29, 1.82) is 0 Å². The highest BCUT2D eigenvalue weighted by atomic mass is 19.1. The second kappa shape index (κ2) is 10.0. The Morgan fingerprint density at radius 1 is 1.17 bits per heavy atom. The molecule has 2 aromatic rings. The summed E-state index contributed by atoms with van der Waals surface area (Å²) in [4.78, 5) is 19.2. The van der Waals surface area contributed by atoms with E-state index >= 15 is 0 Å². The molecule has 1 saturated heterocycles. The van der Waals surface area contributed by atoms with Gasteiger partial charge in [0.1, 0.15) is 0 Å². The molecule has 0 aromatic heterocycles. The van der Waals surface area contributed by atoms with Gasteiger partial charge >= 0.3 is 0 Å². The van der Waals surface area contributed by atoms with E-state index in [1.165, 1.54) is 25.3 Å². The third-order valence-corrected chi connectivity index (χ3v) is 5.10. The molecule has 8 nitrogen and oxygen atoms in total. The maximum absolute atomic E-state index is 13.9. The van der Waals surface area contributed by atoms with Crippen LogP contribution in [0.1, 0.15) is 11.1 Å². The minimum Gasteiger partial charge on any atom is -0.494 e. The van der Waals surface area contributed by atoms with Crippen LogP contribution in [0.15, 0.2) is 47.5 Å². The number of nitro benzene ring substituents is 1. The van der Waals surface area contributed by atoms with Gasteiger partial charge in [0.25, 0.3) is 5.69 Å². The molecule has 0 bridgehead atoms. The van der Waals surface area contributed by atoms with Crippen LogP contribution in [-0.4, -0.2) is 61.0 Å². The summed E-state index contributed by atoms with van der Waals surface area (Å²) in [5, 5.41) is 14.1. The minimum absolute atomic E-state index is 0.0796. The molecule has 1 fully saturated rings. The number of aliphatic imine (C=N–C) groups is 1.